The van der Waals surface area contributed by atoms with Gasteiger partial charge in [-0.3, -0.25) is 24.1 Å². The second-order valence-electron chi connectivity index (χ2n) is 8.12. The number of hydrogen-bond acceptors (Lipinski definition) is 5. The van der Waals surface area contributed by atoms with E-state index in [1.807, 2.05) is 24.3 Å². The number of thioether (sulfide) groups is 1. The van der Waals surface area contributed by atoms with Gasteiger partial charge < -0.3 is 10.2 Å². The minimum Gasteiger partial charge on any atom is -0.354 e. The van der Waals surface area contributed by atoms with Crippen molar-refractivity contribution in [3.8, 4) is 0 Å². The molecule has 9 heteroatoms. The van der Waals surface area contributed by atoms with Gasteiger partial charge in [-0.25, -0.2) is 4.39 Å². The number of carbonyl (C=O) groups is 4. The van der Waals surface area contributed by atoms with E-state index in [0.717, 1.165) is 34.2 Å². The first kappa shape index (κ1) is 23.7. The van der Waals surface area contributed by atoms with Crippen molar-refractivity contribution in [3.05, 3.63) is 75.9 Å². The zero-order valence-electron chi connectivity index (χ0n) is 18.6. The van der Waals surface area contributed by atoms with E-state index in [1.165, 1.54) is 31.2 Å². The number of imide groups is 1. The Kier molecular flexibility index (Phi) is 7.12. The first-order chi connectivity index (χ1) is 16.3. The van der Waals surface area contributed by atoms with Crippen molar-refractivity contribution in [3.63, 3.8) is 0 Å². The average Bonchev–Trinajstić information content (AvgIpc) is 3.08. The lowest BCUT2D eigenvalue weighted by atomic mass is 9.90. The van der Waals surface area contributed by atoms with Gasteiger partial charge in [0, 0.05) is 26.6 Å². The summed E-state index contributed by atoms with van der Waals surface area (Å²) in [6.07, 6.45) is 2.39. The summed E-state index contributed by atoms with van der Waals surface area (Å²) in [4.78, 5) is 52.8. The molecule has 1 fully saturated rings. The number of benzene rings is 2. The Morgan fingerprint density at radius 3 is 2.62 bits per heavy atom. The van der Waals surface area contributed by atoms with Crippen LogP contribution in [0.1, 0.15) is 36.1 Å². The van der Waals surface area contributed by atoms with Crippen LogP contribution in [0.5, 0.6) is 0 Å². The Balaban J connectivity index is 1.35. The number of amides is 4. The summed E-state index contributed by atoms with van der Waals surface area (Å²) in [6, 6.07) is 13.1. The van der Waals surface area contributed by atoms with Crippen molar-refractivity contribution < 1.29 is 23.6 Å². The molecule has 2 aliphatic rings. The molecule has 0 spiro atoms. The van der Waals surface area contributed by atoms with Gasteiger partial charge in [-0.15, -0.1) is 0 Å². The van der Waals surface area contributed by atoms with Gasteiger partial charge >= 0.3 is 0 Å². The predicted molar refractivity (Wildman–Crippen MR) is 127 cm³/mol. The number of carbonyl (C=O) groups excluding carboxylic acids is 4. The molecule has 4 rings (SSSR count). The maximum atomic E-state index is 13.1. The van der Waals surface area contributed by atoms with Crippen molar-refractivity contribution in [1.82, 2.24) is 15.1 Å². The highest BCUT2D eigenvalue weighted by Gasteiger charge is 2.35. The smallest absolute Gasteiger partial charge is 0.293 e. The van der Waals surface area contributed by atoms with Crippen molar-refractivity contribution in [2.24, 2.45) is 0 Å². The first-order valence-corrected chi connectivity index (χ1v) is 11.8. The van der Waals surface area contributed by atoms with Crippen molar-refractivity contribution in [2.45, 2.75) is 25.8 Å². The maximum Gasteiger partial charge on any atom is 0.293 e. The Hall–Kier alpha value is -3.46. The van der Waals surface area contributed by atoms with E-state index < -0.39 is 11.1 Å². The van der Waals surface area contributed by atoms with E-state index in [2.05, 4.69) is 5.32 Å². The third-order valence-electron chi connectivity index (χ3n) is 5.89. The maximum absolute atomic E-state index is 13.1. The first-order valence-electron chi connectivity index (χ1n) is 11.0. The van der Waals surface area contributed by atoms with Crippen LogP contribution in [-0.4, -0.2) is 52.4 Å². The monoisotopic (exact) mass is 481 g/mol. The Bertz CT molecular complexity index is 1170. The summed E-state index contributed by atoms with van der Waals surface area (Å²) in [5.41, 5.74) is 2.71. The SMILES string of the molecule is CC(=O)N1CCc2ccccc2C1CC(=O)NCCN1C(=O)S/C(=C/c2ccc(F)cc2)C1=O. The van der Waals surface area contributed by atoms with Crippen LogP contribution in [0.4, 0.5) is 9.18 Å². The van der Waals surface area contributed by atoms with Crippen molar-refractivity contribution >= 4 is 40.8 Å². The molecule has 1 N–H and O–H groups in total. The zero-order valence-corrected chi connectivity index (χ0v) is 19.4. The van der Waals surface area contributed by atoms with Crippen molar-refractivity contribution in [1.29, 1.82) is 0 Å². The number of halogens is 1. The van der Waals surface area contributed by atoms with Crippen LogP contribution >= 0.6 is 11.8 Å². The topological polar surface area (TPSA) is 86.8 Å². The molecule has 2 aliphatic heterocycles. The molecule has 34 heavy (non-hydrogen) atoms. The van der Waals surface area contributed by atoms with Crippen LogP contribution in [0.25, 0.3) is 6.08 Å². The van der Waals surface area contributed by atoms with E-state index in [9.17, 15) is 23.6 Å². The highest BCUT2D eigenvalue weighted by molar-refractivity contribution is 8.18. The molecule has 0 bridgehead atoms. The molecule has 1 saturated heterocycles. The summed E-state index contributed by atoms with van der Waals surface area (Å²) in [5.74, 6) is -1.18. The standard InChI is InChI=1S/C25H24FN3O4S/c1-16(30)28-12-10-18-4-2-3-5-20(18)21(28)15-23(31)27-11-13-29-24(32)22(34-25(29)33)14-17-6-8-19(26)9-7-17/h2-9,14,21H,10-13,15H2,1H3,(H,27,31)/b22-14+. The highest BCUT2D eigenvalue weighted by Crippen LogP contribution is 2.33. The largest absolute Gasteiger partial charge is 0.354 e. The quantitative estimate of drug-likeness (QED) is 0.638. The van der Waals surface area contributed by atoms with Gasteiger partial charge in [0.2, 0.25) is 11.8 Å². The highest BCUT2D eigenvalue weighted by atomic mass is 32.2. The van der Waals surface area contributed by atoms with E-state index in [1.54, 1.807) is 11.0 Å². The molecule has 0 saturated carbocycles. The van der Waals surface area contributed by atoms with Crippen LogP contribution in [0.3, 0.4) is 0 Å². The Morgan fingerprint density at radius 2 is 1.88 bits per heavy atom. The van der Waals surface area contributed by atoms with Crippen LogP contribution in [0, 0.1) is 5.82 Å². The van der Waals surface area contributed by atoms with E-state index in [-0.39, 0.29) is 48.1 Å². The van der Waals surface area contributed by atoms with E-state index in [4.69, 9.17) is 0 Å². The average molecular weight is 482 g/mol. The van der Waals surface area contributed by atoms with E-state index >= 15 is 0 Å². The van der Waals surface area contributed by atoms with Gasteiger partial charge in [-0.05, 0) is 53.1 Å². The third kappa shape index (κ3) is 5.20. The van der Waals surface area contributed by atoms with Gasteiger partial charge in [-0.1, -0.05) is 36.4 Å². The molecular formula is C25H24FN3O4S. The lowest BCUT2D eigenvalue weighted by Crippen LogP contribution is -2.42. The predicted octanol–water partition coefficient (Wildman–Crippen LogP) is 3.51. The summed E-state index contributed by atoms with van der Waals surface area (Å²) in [6.45, 7) is 2.20. The number of hydrogen-bond donors (Lipinski definition) is 1. The van der Waals surface area contributed by atoms with Crippen LogP contribution in [-0.2, 0) is 20.8 Å². The molecule has 176 valence electrons. The van der Waals surface area contributed by atoms with Gasteiger partial charge in [0.15, 0.2) is 0 Å². The molecular weight excluding hydrogens is 457 g/mol. The van der Waals surface area contributed by atoms with Gasteiger partial charge in [0.1, 0.15) is 5.82 Å². The molecule has 1 atom stereocenters. The van der Waals surface area contributed by atoms with Crippen LogP contribution < -0.4 is 5.32 Å². The lowest BCUT2D eigenvalue weighted by molar-refractivity contribution is -0.133. The normalized spacial score (nSPS) is 18.9. The minimum absolute atomic E-state index is 0.0365. The van der Waals surface area contributed by atoms with Crippen molar-refractivity contribution in [2.75, 3.05) is 19.6 Å². The molecule has 7 nitrogen and oxygen atoms in total. The number of fused-ring (bicyclic) bond motifs is 1. The summed E-state index contributed by atoms with van der Waals surface area (Å²) in [5, 5.41) is 2.35. The second-order valence-corrected chi connectivity index (χ2v) is 9.11. The van der Waals surface area contributed by atoms with Crippen LogP contribution in [0.15, 0.2) is 53.4 Å². The molecule has 2 aromatic rings. The number of rotatable bonds is 6. The molecule has 2 aromatic carbocycles. The fourth-order valence-corrected chi connectivity index (χ4v) is 5.07. The van der Waals surface area contributed by atoms with Gasteiger partial charge in [0.05, 0.1) is 17.4 Å². The number of nitrogens with zero attached hydrogens (tertiary/aromatic N) is 2. The summed E-state index contributed by atoms with van der Waals surface area (Å²) in [7, 11) is 0. The fourth-order valence-electron chi connectivity index (χ4n) is 4.21. The molecule has 2 heterocycles. The molecule has 0 aromatic heterocycles. The summed E-state index contributed by atoms with van der Waals surface area (Å²) < 4.78 is 13.1. The van der Waals surface area contributed by atoms with Gasteiger partial charge in [0.25, 0.3) is 11.1 Å². The van der Waals surface area contributed by atoms with Gasteiger partial charge in [-0.2, -0.15) is 0 Å². The van der Waals surface area contributed by atoms with E-state index in [0.29, 0.717) is 12.1 Å². The summed E-state index contributed by atoms with van der Waals surface area (Å²) >= 11 is 0.812. The number of nitrogens with one attached hydrogen (secondary N) is 1. The fraction of sp³-hybridized carbons (Fsp3) is 0.280. The second kappa shape index (κ2) is 10.2. The zero-order chi connectivity index (χ0) is 24.2. The molecule has 0 radical (unpaired) electrons. The lowest BCUT2D eigenvalue weighted by Gasteiger charge is -2.36. The Morgan fingerprint density at radius 1 is 1.15 bits per heavy atom. The molecule has 4 amide bonds. The van der Waals surface area contributed by atoms with Crippen LogP contribution in [0.2, 0.25) is 0 Å². The Labute approximate surface area is 201 Å². The third-order valence-corrected chi connectivity index (χ3v) is 6.80. The molecule has 0 aliphatic carbocycles. The minimum atomic E-state index is -0.447. The molecule has 1 unspecified atom stereocenters.